The molecule has 110 valence electrons. The Kier molecular flexibility index (Phi) is 3.99. The van der Waals surface area contributed by atoms with Crippen LogP contribution in [0.15, 0.2) is 47.4 Å². The third-order valence-corrected chi connectivity index (χ3v) is 4.42. The van der Waals surface area contributed by atoms with Crippen LogP contribution in [0.3, 0.4) is 0 Å². The highest BCUT2D eigenvalue weighted by Crippen LogP contribution is 2.22. The molecule has 0 amide bonds. The maximum atomic E-state index is 12.4. The summed E-state index contributed by atoms with van der Waals surface area (Å²) < 4.78 is 27.2. The van der Waals surface area contributed by atoms with Gasteiger partial charge in [0.2, 0.25) is 0 Å². The highest BCUT2D eigenvalue weighted by atomic mass is 32.2. The van der Waals surface area contributed by atoms with Gasteiger partial charge in [0.15, 0.2) is 5.78 Å². The summed E-state index contributed by atoms with van der Waals surface area (Å²) in [6, 6.07) is 10.9. The van der Waals surface area contributed by atoms with E-state index in [4.69, 9.17) is 5.73 Å². The number of Topliss-reactive ketones (excluding diaryl/α,β-unsaturated/α-hetero) is 1. The van der Waals surface area contributed by atoms with E-state index < -0.39 is 10.0 Å². The van der Waals surface area contributed by atoms with Crippen LogP contribution in [-0.2, 0) is 10.0 Å². The summed E-state index contributed by atoms with van der Waals surface area (Å²) in [5, 5.41) is 0. The van der Waals surface area contributed by atoms with Crippen molar-refractivity contribution in [3.8, 4) is 0 Å². The molecule has 0 fully saturated rings. The molecule has 3 N–H and O–H groups in total. The second kappa shape index (κ2) is 5.57. The van der Waals surface area contributed by atoms with Crippen LogP contribution in [0, 0.1) is 6.92 Å². The van der Waals surface area contributed by atoms with Gasteiger partial charge in [-0.25, -0.2) is 8.42 Å². The first-order valence-electron chi connectivity index (χ1n) is 6.29. The zero-order valence-electron chi connectivity index (χ0n) is 11.8. The maximum Gasteiger partial charge on any atom is 0.261 e. The van der Waals surface area contributed by atoms with Crippen LogP contribution in [0.25, 0.3) is 0 Å². The predicted octanol–water partition coefficient (Wildman–Crippen LogP) is 2.58. The molecule has 0 unspecified atom stereocenters. The lowest BCUT2D eigenvalue weighted by molar-refractivity contribution is 0.101. The number of benzene rings is 2. The predicted molar refractivity (Wildman–Crippen MR) is 82.8 cm³/mol. The summed E-state index contributed by atoms with van der Waals surface area (Å²) in [4.78, 5) is 11.4. The Labute approximate surface area is 123 Å². The van der Waals surface area contributed by atoms with E-state index in [1.807, 2.05) is 0 Å². The zero-order chi connectivity index (χ0) is 15.6. The number of rotatable bonds is 4. The average molecular weight is 304 g/mol. The molecule has 0 saturated carbocycles. The molecule has 0 aromatic heterocycles. The van der Waals surface area contributed by atoms with Gasteiger partial charge in [0.05, 0.1) is 10.6 Å². The van der Waals surface area contributed by atoms with Crippen LogP contribution < -0.4 is 10.5 Å². The molecular weight excluding hydrogens is 288 g/mol. The Balaban J connectivity index is 2.41. The minimum atomic E-state index is -3.77. The van der Waals surface area contributed by atoms with Crippen molar-refractivity contribution < 1.29 is 13.2 Å². The molecule has 2 rings (SSSR count). The number of sulfonamides is 1. The fraction of sp³-hybridized carbons (Fsp3) is 0.133. The number of anilines is 2. The molecule has 5 nitrogen and oxygen atoms in total. The topological polar surface area (TPSA) is 89.3 Å². The van der Waals surface area contributed by atoms with Gasteiger partial charge in [-0.2, -0.15) is 0 Å². The Hall–Kier alpha value is -2.34. The van der Waals surface area contributed by atoms with Gasteiger partial charge in [-0.1, -0.05) is 18.2 Å². The molecule has 0 spiro atoms. The lowest BCUT2D eigenvalue weighted by atomic mass is 10.2. The Morgan fingerprint density at radius 2 is 1.86 bits per heavy atom. The van der Waals surface area contributed by atoms with E-state index in [-0.39, 0.29) is 10.7 Å². The third-order valence-electron chi connectivity index (χ3n) is 3.06. The van der Waals surface area contributed by atoms with Crippen LogP contribution in [-0.4, -0.2) is 14.2 Å². The largest absolute Gasteiger partial charge is 0.399 e. The zero-order valence-corrected chi connectivity index (χ0v) is 12.6. The molecule has 0 radical (unpaired) electrons. The van der Waals surface area contributed by atoms with Gasteiger partial charge in [0.25, 0.3) is 10.0 Å². The number of nitrogens with two attached hydrogens (primary N) is 1. The summed E-state index contributed by atoms with van der Waals surface area (Å²) in [5.41, 5.74) is 7.67. The molecule has 0 aliphatic heterocycles. The number of nitrogen functional groups attached to an aromatic ring is 1. The minimum absolute atomic E-state index is 0.0389. The van der Waals surface area contributed by atoms with Gasteiger partial charge in [-0.05, 0) is 43.7 Å². The van der Waals surface area contributed by atoms with E-state index in [9.17, 15) is 13.2 Å². The number of carbonyl (C=O) groups is 1. The first-order valence-corrected chi connectivity index (χ1v) is 7.78. The number of ketones is 1. The average Bonchev–Trinajstić information content (AvgIpc) is 2.43. The van der Waals surface area contributed by atoms with Crippen LogP contribution in [0.1, 0.15) is 22.8 Å². The minimum Gasteiger partial charge on any atom is -0.399 e. The highest BCUT2D eigenvalue weighted by molar-refractivity contribution is 7.92. The van der Waals surface area contributed by atoms with Crippen molar-refractivity contribution in [1.82, 2.24) is 0 Å². The highest BCUT2D eigenvalue weighted by Gasteiger charge is 2.16. The van der Waals surface area contributed by atoms with Crippen LogP contribution >= 0.6 is 0 Å². The van der Waals surface area contributed by atoms with Crippen molar-refractivity contribution in [2.45, 2.75) is 18.7 Å². The Morgan fingerprint density at radius 1 is 1.14 bits per heavy atom. The van der Waals surface area contributed by atoms with E-state index in [1.165, 1.54) is 25.1 Å². The molecule has 2 aromatic carbocycles. The SMILES string of the molecule is CC(=O)c1cccc(S(=O)(=O)Nc2cc(N)ccc2C)c1. The van der Waals surface area contributed by atoms with Crippen molar-refractivity contribution in [3.63, 3.8) is 0 Å². The Bertz CT molecular complexity index is 798. The van der Waals surface area contributed by atoms with Gasteiger partial charge in [0, 0.05) is 11.3 Å². The summed E-state index contributed by atoms with van der Waals surface area (Å²) in [5.74, 6) is -0.188. The van der Waals surface area contributed by atoms with Crippen molar-refractivity contribution in [3.05, 3.63) is 53.6 Å². The molecule has 0 atom stereocenters. The quantitative estimate of drug-likeness (QED) is 0.671. The summed E-state index contributed by atoms with van der Waals surface area (Å²) in [7, 11) is -3.77. The standard InChI is InChI=1S/C15H16N2O3S/c1-10-6-7-13(16)9-15(10)17-21(19,20)14-5-3-4-12(8-14)11(2)18/h3-9,17H,16H2,1-2H3. The number of carbonyl (C=O) groups excluding carboxylic acids is 1. The fourth-order valence-corrected chi connectivity index (χ4v) is 3.00. The van der Waals surface area contributed by atoms with Crippen molar-refractivity contribution in [2.75, 3.05) is 10.5 Å². The van der Waals surface area contributed by atoms with Gasteiger partial charge in [-0.15, -0.1) is 0 Å². The third kappa shape index (κ3) is 3.41. The smallest absolute Gasteiger partial charge is 0.261 e. The first kappa shape index (κ1) is 15.1. The van der Waals surface area contributed by atoms with E-state index in [0.717, 1.165) is 5.56 Å². The first-order chi connectivity index (χ1) is 9.79. The fourth-order valence-electron chi connectivity index (χ4n) is 1.84. The monoisotopic (exact) mass is 304 g/mol. The molecule has 0 aliphatic rings. The lowest BCUT2D eigenvalue weighted by Crippen LogP contribution is -2.14. The van der Waals surface area contributed by atoms with Gasteiger partial charge < -0.3 is 5.73 Å². The van der Waals surface area contributed by atoms with E-state index in [2.05, 4.69) is 4.72 Å². The van der Waals surface area contributed by atoms with Gasteiger partial charge >= 0.3 is 0 Å². The van der Waals surface area contributed by atoms with Crippen molar-refractivity contribution >= 4 is 27.2 Å². The van der Waals surface area contributed by atoms with Crippen molar-refractivity contribution in [2.24, 2.45) is 0 Å². The van der Waals surface area contributed by atoms with Gasteiger partial charge in [-0.3, -0.25) is 9.52 Å². The molecule has 0 aliphatic carbocycles. The van der Waals surface area contributed by atoms with Crippen LogP contribution in [0.5, 0.6) is 0 Å². The maximum absolute atomic E-state index is 12.4. The molecule has 0 saturated heterocycles. The summed E-state index contributed by atoms with van der Waals surface area (Å²) >= 11 is 0. The van der Waals surface area contributed by atoms with Gasteiger partial charge in [0.1, 0.15) is 0 Å². The molecule has 0 heterocycles. The molecule has 6 heteroatoms. The number of hydrogen-bond donors (Lipinski definition) is 2. The number of nitrogens with one attached hydrogen (secondary N) is 1. The lowest BCUT2D eigenvalue weighted by Gasteiger charge is -2.11. The molecular formula is C15H16N2O3S. The molecule has 0 bridgehead atoms. The molecule has 21 heavy (non-hydrogen) atoms. The second-order valence-electron chi connectivity index (χ2n) is 4.76. The number of hydrogen-bond acceptors (Lipinski definition) is 4. The summed E-state index contributed by atoms with van der Waals surface area (Å²) in [6.07, 6.45) is 0. The van der Waals surface area contributed by atoms with E-state index in [0.29, 0.717) is 16.9 Å². The van der Waals surface area contributed by atoms with Crippen LogP contribution in [0.4, 0.5) is 11.4 Å². The van der Waals surface area contributed by atoms with Crippen LogP contribution in [0.2, 0.25) is 0 Å². The van der Waals surface area contributed by atoms with E-state index in [1.54, 1.807) is 31.2 Å². The normalized spacial score (nSPS) is 11.1. The molecule has 2 aromatic rings. The second-order valence-corrected chi connectivity index (χ2v) is 6.45. The Morgan fingerprint density at radius 3 is 2.52 bits per heavy atom. The summed E-state index contributed by atoms with van der Waals surface area (Å²) in [6.45, 7) is 3.17. The van der Waals surface area contributed by atoms with Crippen molar-refractivity contribution in [1.29, 1.82) is 0 Å². The van der Waals surface area contributed by atoms with E-state index >= 15 is 0 Å². The number of aryl methyl sites for hydroxylation is 1.